The van der Waals surface area contributed by atoms with E-state index in [4.69, 9.17) is 0 Å². The highest BCUT2D eigenvalue weighted by Crippen LogP contribution is 2.19. The summed E-state index contributed by atoms with van der Waals surface area (Å²) in [7, 11) is 0. The minimum Gasteiger partial charge on any atom is -0.326 e. The number of hydrogen-bond acceptors (Lipinski definition) is 2. The summed E-state index contributed by atoms with van der Waals surface area (Å²) < 4.78 is 0. The van der Waals surface area contributed by atoms with E-state index in [1.807, 2.05) is 51.1 Å². The molecule has 0 spiro atoms. The van der Waals surface area contributed by atoms with E-state index >= 15 is 0 Å². The van der Waals surface area contributed by atoms with Crippen molar-refractivity contribution in [2.45, 2.75) is 33.6 Å². The zero-order valence-electron chi connectivity index (χ0n) is 14.4. The Hall–Kier alpha value is -2.62. The molecular weight excluding hydrogens is 300 g/mol. The molecule has 4 nitrogen and oxygen atoms in total. The van der Waals surface area contributed by atoms with Crippen LogP contribution >= 0.6 is 0 Å². The van der Waals surface area contributed by atoms with Gasteiger partial charge < -0.3 is 10.6 Å². The summed E-state index contributed by atoms with van der Waals surface area (Å²) in [6.07, 6.45) is 1.15. The Labute approximate surface area is 143 Å². The van der Waals surface area contributed by atoms with Crippen LogP contribution in [0.1, 0.15) is 32.8 Å². The molecule has 24 heavy (non-hydrogen) atoms. The van der Waals surface area contributed by atoms with E-state index in [2.05, 4.69) is 10.6 Å². The Morgan fingerprint density at radius 3 is 1.92 bits per heavy atom. The molecule has 0 aliphatic rings. The fourth-order valence-electron chi connectivity index (χ4n) is 2.08. The van der Waals surface area contributed by atoms with Crippen molar-refractivity contribution in [1.82, 2.24) is 0 Å². The predicted molar refractivity (Wildman–Crippen MR) is 97.9 cm³/mol. The van der Waals surface area contributed by atoms with Crippen molar-refractivity contribution < 1.29 is 9.59 Å². The van der Waals surface area contributed by atoms with Crippen LogP contribution in [0.25, 0.3) is 0 Å². The van der Waals surface area contributed by atoms with Gasteiger partial charge in [-0.25, -0.2) is 0 Å². The highest BCUT2D eigenvalue weighted by atomic mass is 16.2. The molecule has 2 amide bonds. The van der Waals surface area contributed by atoms with E-state index < -0.39 is 5.41 Å². The van der Waals surface area contributed by atoms with Crippen LogP contribution in [-0.2, 0) is 16.0 Å². The van der Waals surface area contributed by atoms with Gasteiger partial charge in [0, 0.05) is 23.2 Å². The molecule has 2 rings (SSSR count). The van der Waals surface area contributed by atoms with Crippen molar-refractivity contribution in [3.05, 3.63) is 60.2 Å². The molecular formula is C20H24N2O2. The molecule has 0 saturated carbocycles. The largest absolute Gasteiger partial charge is 0.326 e. The van der Waals surface area contributed by atoms with Gasteiger partial charge in [-0.3, -0.25) is 9.59 Å². The zero-order chi connectivity index (χ0) is 17.6. The summed E-state index contributed by atoms with van der Waals surface area (Å²) in [4.78, 5) is 23.9. The highest BCUT2D eigenvalue weighted by molar-refractivity contribution is 5.95. The molecule has 0 radical (unpaired) electrons. The first kappa shape index (κ1) is 17.7. The summed E-state index contributed by atoms with van der Waals surface area (Å²) in [5, 5.41) is 5.73. The summed E-state index contributed by atoms with van der Waals surface area (Å²) in [5.74, 6) is -0.0625. The minimum atomic E-state index is -0.440. The van der Waals surface area contributed by atoms with Gasteiger partial charge in [0.05, 0.1) is 0 Å². The SMILES string of the molecule is CC(C)(C)C(=O)Nc1ccc(NC(=O)CCc2ccccc2)cc1. The number of hydrogen-bond donors (Lipinski definition) is 2. The van der Waals surface area contributed by atoms with Crippen LogP contribution in [-0.4, -0.2) is 11.8 Å². The third-order valence-corrected chi connectivity index (χ3v) is 3.59. The molecule has 0 aliphatic carbocycles. The first-order valence-electron chi connectivity index (χ1n) is 8.10. The second-order valence-electron chi connectivity index (χ2n) is 6.82. The van der Waals surface area contributed by atoms with Crippen LogP contribution in [0.4, 0.5) is 11.4 Å². The Kier molecular flexibility index (Phi) is 5.74. The van der Waals surface area contributed by atoms with Gasteiger partial charge in [-0.15, -0.1) is 0 Å². The van der Waals surface area contributed by atoms with Crippen LogP contribution in [0, 0.1) is 5.41 Å². The maximum atomic E-state index is 12.0. The van der Waals surface area contributed by atoms with Crippen LogP contribution in [0.5, 0.6) is 0 Å². The topological polar surface area (TPSA) is 58.2 Å². The van der Waals surface area contributed by atoms with Gasteiger partial charge in [0.25, 0.3) is 0 Å². The highest BCUT2D eigenvalue weighted by Gasteiger charge is 2.20. The zero-order valence-corrected chi connectivity index (χ0v) is 14.4. The fourth-order valence-corrected chi connectivity index (χ4v) is 2.08. The van der Waals surface area contributed by atoms with Crippen LogP contribution in [0.3, 0.4) is 0 Å². The van der Waals surface area contributed by atoms with Crippen molar-refractivity contribution in [3.8, 4) is 0 Å². The maximum Gasteiger partial charge on any atom is 0.229 e. The van der Waals surface area contributed by atoms with Gasteiger partial charge in [-0.1, -0.05) is 51.1 Å². The van der Waals surface area contributed by atoms with Gasteiger partial charge >= 0.3 is 0 Å². The number of carbonyl (C=O) groups is 2. The van der Waals surface area contributed by atoms with E-state index in [9.17, 15) is 9.59 Å². The quantitative estimate of drug-likeness (QED) is 0.864. The summed E-state index contributed by atoms with van der Waals surface area (Å²) in [6, 6.07) is 17.1. The monoisotopic (exact) mass is 324 g/mol. The second-order valence-corrected chi connectivity index (χ2v) is 6.82. The van der Waals surface area contributed by atoms with E-state index in [0.717, 1.165) is 16.9 Å². The van der Waals surface area contributed by atoms with Crippen LogP contribution in [0.2, 0.25) is 0 Å². The van der Waals surface area contributed by atoms with Crippen molar-refractivity contribution in [2.75, 3.05) is 10.6 Å². The molecule has 0 saturated heterocycles. The average Bonchev–Trinajstić information content (AvgIpc) is 2.55. The minimum absolute atomic E-state index is 0.0228. The lowest BCUT2D eigenvalue weighted by molar-refractivity contribution is -0.123. The van der Waals surface area contributed by atoms with E-state index in [1.165, 1.54) is 0 Å². The number of anilines is 2. The molecule has 0 heterocycles. The molecule has 2 N–H and O–H groups in total. The first-order valence-corrected chi connectivity index (χ1v) is 8.10. The van der Waals surface area contributed by atoms with Gasteiger partial charge in [-0.2, -0.15) is 0 Å². The van der Waals surface area contributed by atoms with Crippen molar-refractivity contribution in [1.29, 1.82) is 0 Å². The molecule has 0 aliphatic heterocycles. The van der Waals surface area contributed by atoms with Crippen LogP contribution < -0.4 is 10.6 Å². The Morgan fingerprint density at radius 1 is 0.833 bits per heavy atom. The van der Waals surface area contributed by atoms with Gasteiger partial charge in [0.15, 0.2) is 0 Å². The Bertz CT molecular complexity index is 686. The number of benzene rings is 2. The third kappa shape index (κ3) is 5.54. The maximum absolute atomic E-state index is 12.0. The smallest absolute Gasteiger partial charge is 0.229 e. The molecule has 0 fully saturated rings. The first-order chi connectivity index (χ1) is 11.3. The number of carbonyl (C=O) groups excluding carboxylic acids is 2. The van der Waals surface area contributed by atoms with E-state index in [1.54, 1.807) is 24.3 Å². The molecule has 4 heteroatoms. The second kappa shape index (κ2) is 7.77. The molecule has 2 aromatic rings. The van der Waals surface area contributed by atoms with Crippen molar-refractivity contribution in [2.24, 2.45) is 5.41 Å². The standard InChI is InChI=1S/C20H24N2O2/c1-20(2,3)19(24)22-17-12-10-16(11-13-17)21-18(23)14-9-15-7-5-4-6-8-15/h4-8,10-13H,9,14H2,1-3H3,(H,21,23)(H,22,24). The fraction of sp³-hybridized carbons (Fsp3) is 0.300. The van der Waals surface area contributed by atoms with Crippen molar-refractivity contribution >= 4 is 23.2 Å². The molecule has 0 aromatic heterocycles. The van der Waals surface area contributed by atoms with Crippen LogP contribution in [0.15, 0.2) is 54.6 Å². The number of nitrogens with one attached hydrogen (secondary N) is 2. The Balaban J connectivity index is 1.85. The van der Waals surface area contributed by atoms with E-state index in [-0.39, 0.29) is 11.8 Å². The van der Waals surface area contributed by atoms with Gasteiger partial charge in [-0.05, 0) is 36.2 Å². The third-order valence-electron chi connectivity index (χ3n) is 3.59. The normalized spacial score (nSPS) is 11.0. The average molecular weight is 324 g/mol. The molecule has 0 bridgehead atoms. The van der Waals surface area contributed by atoms with Gasteiger partial charge in [0.1, 0.15) is 0 Å². The van der Waals surface area contributed by atoms with Gasteiger partial charge in [0.2, 0.25) is 11.8 Å². The van der Waals surface area contributed by atoms with Crippen molar-refractivity contribution in [3.63, 3.8) is 0 Å². The molecule has 0 unspecified atom stereocenters. The number of amides is 2. The number of rotatable bonds is 5. The summed E-state index contributed by atoms with van der Waals surface area (Å²) in [6.45, 7) is 5.59. The molecule has 126 valence electrons. The lowest BCUT2D eigenvalue weighted by atomic mass is 9.95. The predicted octanol–water partition coefficient (Wildman–Crippen LogP) is 4.24. The van der Waals surface area contributed by atoms with E-state index in [0.29, 0.717) is 12.8 Å². The number of aryl methyl sites for hydroxylation is 1. The Morgan fingerprint density at radius 2 is 1.38 bits per heavy atom. The lowest BCUT2D eigenvalue weighted by Gasteiger charge is -2.17. The lowest BCUT2D eigenvalue weighted by Crippen LogP contribution is -2.27. The summed E-state index contributed by atoms with van der Waals surface area (Å²) in [5.41, 5.74) is 2.15. The summed E-state index contributed by atoms with van der Waals surface area (Å²) >= 11 is 0. The molecule has 2 aromatic carbocycles. The molecule has 0 atom stereocenters.